The number of carbonyl (C=O) groups is 1. The van der Waals surface area contributed by atoms with Crippen molar-refractivity contribution in [1.29, 1.82) is 0 Å². The van der Waals surface area contributed by atoms with Gasteiger partial charge in [-0.05, 0) is 48.6 Å². The van der Waals surface area contributed by atoms with Crippen molar-refractivity contribution < 1.29 is 22.5 Å². The first-order chi connectivity index (χ1) is 13.5. The van der Waals surface area contributed by atoms with Crippen molar-refractivity contribution in [2.75, 3.05) is 13.1 Å². The fraction of sp³-hybridized carbons (Fsp3) is 0.263. The van der Waals surface area contributed by atoms with Crippen LogP contribution in [0.3, 0.4) is 0 Å². The summed E-state index contributed by atoms with van der Waals surface area (Å²) in [6.45, 7) is 1.05. The maximum Gasteiger partial charge on any atom is 0.338 e. The molecule has 1 fully saturated rings. The first-order valence-corrected chi connectivity index (χ1v) is 11.1. The number of benzene rings is 1. The Morgan fingerprint density at radius 2 is 1.93 bits per heavy atom. The lowest BCUT2D eigenvalue weighted by molar-refractivity contribution is 0.0464. The van der Waals surface area contributed by atoms with Crippen molar-refractivity contribution >= 4 is 27.3 Å². The van der Waals surface area contributed by atoms with Crippen molar-refractivity contribution in [3.63, 3.8) is 0 Å². The molecule has 1 aromatic carbocycles. The zero-order chi connectivity index (χ0) is 19.6. The Bertz CT molecular complexity index is 1050. The highest BCUT2D eigenvalue weighted by molar-refractivity contribution is 7.89. The Morgan fingerprint density at radius 3 is 2.61 bits per heavy atom. The molecule has 1 aliphatic heterocycles. The van der Waals surface area contributed by atoms with Crippen molar-refractivity contribution in [2.24, 2.45) is 0 Å². The smallest absolute Gasteiger partial charge is 0.338 e. The third kappa shape index (κ3) is 3.87. The summed E-state index contributed by atoms with van der Waals surface area (Å²) in [6, 6.07) is 11.4. The molecule has 146 valence electrons. The molecule has 0 unspecified atom stereocenters. The maximum absolute atomic E-state index is 12.5. The van der Waals surface area contributed by atoms with E-state index < -0.39 is 16.0 Å². The van der Waals surface area contributed by atoms with Crippen molar-refractivity contribution in [2.45, 2.75) is 24.3 Å². The second-order valence-corrected chi connectivity index (χ2v) is 9.26. The van der Waals surface area contributed by atoms with E-state index >= 15 is 0 Å². The van der Waals surface area contributed by atoms with E-state index in [0.717, 1.165) is 17.7 Å². The lowest BCUT2D eigenvalue weighted by Crippen LogP contribution is -2.27. The summed E-state index contributed by atoms with van der Waals surface area (Å²) in [5.41, 5.74) is 0.785. The van der Waals surface area contributed by atoms with E-state index in [9.17, 15) is 13.2 Å². The number of aromatic nitrogens is 1. The van der Waals surface area contributed by atoms with Gasteiger partial charge in [0.15, 0.2) is 5.76 Å². The quantitative estimate of drug-likeness (QED) is 0.569. The van der Waals surface area contributed by atoms with Crippen molar-refractivity contribution in [1.82, 2.24) is 9.46 Å². The SMILES string of the molecule is O=C(OCc1cc(-c2cccs2)on1)c1ccc(S(=O)(=O)N2CCCC2)cc1. The summed E-state index contributed by atoms with van der Waals surface area (Å²) >= 11 is 1.53. The van der Waals surface area contributed by atoms with E-state index in [1.54, 1.807) is 6.07 Å². The highest BCUT2D eigenvalue weighted by Gasteiger charge is 2.27. The van der Waals surface area contributed by atoms with Gasteiger partial charge < -0.3 is 9.26 Å². The summed E-state index contributed by atoms with van der Waals surface area (Å²) in [7, 11) is -3.50. The van der Waals surface area contributed by atoms with Gasteiger partial charge in [-0.3, -0.25) is 0 Å². The number of esters is 1. The van der Waals surface area contributed by atoms with Gasteiger partial charge in [0, 0.05) is 19.2 Å². The Labute approximate surface area is 166 Å². The van der Waals surface area contributed by atoms with Crippen LogP contribution < -0.4 is 0 Å². The highest BCUT2D eigenvalue weighted by atomic mass is 32.2. The van der Waals surface area contributed by atoms with Gasteiger partial charge in [0.2, 0.25) is 10.0 Å². The van der Waals surface area contributed by atoms with Gasteiger partial charge in [-0.1, -0.05) is 11.2 Å². The molecular weight excluding hydrogens is 400 g/mol. The van der Waals surface area contributed by atoms with Crippen LogP contribution in [0, 0.1) is 0 Å². The molecular formula is C19H18N2O5S2. The Balaban J connectivity index is 1.39. The molecule has 2 aromatic heterocycles. The number of hydrogen-bond acceptors (Lipinski definition) is 7. The summed E-state index contributed by atoms with van der Waals surface area (Å²) in [5.74, 6) is 0.0725. The molecule has 28 heavy (non-hydrogen) atoms. The van der Waals surface area contributed by atoms with Gasteiger partial charge in [-0.2, -0.15) is 4.31 Å². The van der Waals surface area contributed by atoms with Crippen molar-refractivity contribution in [3.8, 4) is 10.6 Å². The normalized spacial score (nSPS) is 15.0. The summed E-state index contributed by atoms with van der Waals surface area (Å²) in [4.78, 5) is 13.4. The first-order valence-electron chi connectivity index (χ1n) is 8.81. The van der Waals surface area contributed by atoms with Crippen LogP contribution in [0.5, 0.6) is 0 Å². The van der Waals surface area contributed by atoms with E-state index in [-0.39, 0.29) is 17.1 Å². The molecule has 3 aromatic rings. The monoisotopic (exact) mass is 418 g/mol. The van der Waals surface area contributed by atoms with Gasteiger partial charge in [0.1, 0.15) is 12.3 Å². The van der Waals surface area contributed by atoms with Gasteiger partial charge >= 0.3 is 5.97 Å². The number of thiophene rings is 1. The molecule has 0 atom stereocenters. The predicted octanol–water partition coefficient (Wildman–Crippen LogP) is 3.54. The third-order valence-corrected chi connectivity index (χ3v) is 7.26. The van der Waals surface area contributed by atoms with Gasteiger partial charge in [0.25, 0.3) is 0 Å². The summed E-state index contributed by atoms with van der Waals surface area (Å²) in [6.07, 6.45) is 1.75. The van der Waals surface area contributed by atoms with Crippen LogP contribution in [-0.4, -0.2) is 36.9 Å². The van der Waals surface area contributed by atoms with E-state index in [1.807, 2.05) is 17.5 Å². The fourth-order valence-corrected chi connectivity index (χ4v) is 5.17. The minimum atomic E-state index is -3.50. The second kappa shape index (κ2) is 7.86. The number of nitrogens with zero attached hydrogens (tertiary/aromatic N) is 2. The molecule has 0 aliphatic carbocycles. The number of hydrogen-bond donors (Lipinski definition) is 0. The van der Waals surface area contributed by atoms with E-state index in [2.05, 4.69) is 5.16 Å². The lowest BCUT2D eigenvalue weighted by Gasteiger charge is -2.15. The van der Waals surface area contributed by atoms with Crippen LogP contribution in [0.2, 0.25) is 0 Å². The van der Waals surface area contributed by atoms with E-state index in [0.29, 0.717) is 24.5 Å². The average Bonchev–Trinajstić information content (AvgIpc) is 3.48. The zero-order valence-corrected chi connectivity index (χ0v) is 16.5. The Hall–Kier alpha value is -2.49. The highest BCUT2D eigenvalue weighted by Crippen LogP contribution is 2.25. The minimum absolute atomic E-state index is 0.0263. The molecule has 0 spiro atoms. The number of rotatable bonds is 6. The molecule has 0 radical (unpaired) electrons. The average molecular weight is 418 g/mol. The molecule has 0 N–H and O–H groups in total. The van der Waals surface area contributed by atoms with Gasteiger partial charge in [-0.25, -0.2) is 13.2 Å². The van der Waals surface area contributed by atoms with Crippen LogP contribution in [0.1, 0.15) is 28.9 Å². The Morgan fingerprint density at radius 1 is 1.18 bits per heavy atom. The van der Waals surface area contributed by atoms with E-state index in [1.165, 1.54) is 39.9 Å². The molecule has 0 saturated carbocycles. The molecule has 3 heterocycles. The first kappa shape index (κ1) is 18.9. The standard InChI is InChI=1S/C19H18N2O5S2/c22-19(25-13-15-12-17(26-20-15)18-4-3-11-27-18)14-5-7-16(8-6-14)28(23,24)21-9-1-2-10-21/h3-8,11-12H,1-2,9-10,13H2. The van der Waals surface area contributed by atoms with Crippen molar-refractivity contribution in [3.05, 3.63) is 59.1 Å². The largest absolute Gasteiger partial charge is 0.455 e. The van der Waals surface area contributed by atoms with Crippen LogP contribution >= 0.6 is 11.3 Å². The molecule has 0 amide bonds. The third-order valence-electron chi connectivity index (χ3n) is 4.47. The second-order valence-electron chi connectivity index (χ2n) is 6.37. The van der Waals surface area contributed by atoms with Gasteiger partial charge in [0.05, 0.1) is 15.3 Å². The predicted molar refractivity (Wildman–Crippen MR) is 103 cm³/mol. The lowest BCUT2D eigenvalue weighted by atomic mass is 10.2. The molecule has 4 rings (SSSR count). The fourth-order valence-electron chi connectivity index (χ4n) is 2.98. The number of ether oxygens (including phenoxy) is 1. The summed E-state index contributed by atoms with van der Waals surface area (Å²) < 4.78 is 37.0. The maximum atomic E-state index is 12.5. The molecule has 7 nitrogen and oxygen atoms in total. The molecule has 0 bridgehead atoms. The zero-order valence-electron chi connectivity index (χ0n) is 14.9. The molecule has 1 saturated heterocycles. The van der Waals surface area contributed by atoms with Crippen LogP contribution in [0.25, 0.3) is 10.6 Å². The minimum Gasteiger partial charge on any atom is -0.455 e. The van der Waals surface area contributed by atoms with Crippen LogP contribution in [0.4, 0.5) is 0 Å². The Kier molecular flexibility index (Phi) is 5.29. The van der Waals surface area contributed by atoms with E-state index in [4.69, 9.17) is 9.26 Å². The number of sulfonamides is 1. The van der Waals surface area contributed by atoms with Crippen LogP contribution in [0.15, 0.2) is 57.3 Å². The summed E-state index contributed by atoms with van der Waals surface area (Å²) in [5, 5.41) is 5.83. The van der Waals surface area contributed by atoms with Crippen LogP contribution in [-0.2, 0) is 21.4 Å². The van der Waals surface area contributed by atoms with Gasteiger partial charge in [-0.15, -0.1) is 11.3 Å². The number of carbonyl (C=O) groups excluding carboxylic acids is 1. The topological polar surface area (TPSA) is 89.7 Å². The molecule has 1 aliphatic rings. The molecule has 9 heteroatoms.